The lowest BCUT2D eigenvalue weighted by Gasteiger charge is -2.27. The fourth-order valence-corrected chi connectivity index (χ4v) is 1.22. The molecule has 12 heavy (non-hydrogen) atoms. The lowest BCUT2D eigenvalue weighted by molar-refractivity contribution is 0.122. The molecule has 4 nitrogen and oxygen atoms in total. The van der Waals surface area contributed by atoms with Crippen LogP contribution in [-0.4, -0.2) is 36.3 Å². The van der Waals surface area contributed by atoms with E-state index in [0.717, 1.165) is 32.1 Å². The van der Waals surface area contributed by atoms with Gasteiger partial charge in [-0.15, -0.1) is 0 Å². The Morgan fingerprint density at radius 1 is 1.42 bits per heavy atom. The van der Waals surface area contributed by atoms with Crippen LogP contribution < -0.4 is 4.90 Å². The summed E-state index contributed by atoms with van der Waals surface area (Å²) in [6.45, 7) is 3.38. The molecule has 1 aromatic heterocycles. The number of aromatic nitrogens is 2. The SMILES string of the molecule is [c]1nccc(N2CCOCC2)n1. The second-order valence-corrected chi connectivity index (χ2v) is 2.61. The molecule has 1 fully saturated rings. The van der Waals surface area contributed by atoms with Crippen LogP contribution in [0, 0.1) is 6.33 Å². The van der Waals surface area contributed by atoms with Crippen LogP contribution in [0.15, 0.2) is 12.3 Å². The molecule has 0 saturated carbocycles. The van der Waals surface area contributed by atoms with Gasteiger partial charge in [0, 0.05) is 19.3 Å². The number of nitrogens with zero attached hydrogens (tertiary/aromatic N) is 3. The molecule has 1 aromatic rings. The predicted molar refractivity (Wildman–Crippen MR) is 43.9 cm³/mol. The van der Waals surface area contributed by atoms with Gasteiger partial charge in [0.05, 0.1) is 13.2 Å². The van der Waals surface area contributed by atoms with Gasteiger partial charge in [-0.05, 0) is 6.07 Å². The molecular weight excluding hydrogens is 154 g/mol. The van der Waals surface area contributed by atoms with Gasteiger partial charge < -0.3 is 9.64 Å². The molecule has 0 N–H and O–H groups in total. The van der Waals surface area contributed by atoms with E-state index in [1.54, 1.807) is 6.20 Å². The van der Waals surface area contributed by atoms with Crippen molar-refractivity contribution in [1.29, 1.82) is 0 Å². The molecule has 2 rings (SSSR count). The smallest absolute Gasteiger partial charge is 0.199 e. The van der Waals surface area contributed by atoms with E-state index < -0.39 is 0 Å². The van der Waals surface area contributed by atoms with E-state index in [1.807, 2.05) is 6.07 Å². The summed E-state index contributed by atoms with van der Waals surface area (Å²) in [4.78, 5) is 9.95. The van der Waals surface area contributed by atoms with E-state index >= 15 is 0 Å². The zero-order valence-electron chi connectivity index (χ0n) is 6.73. The average molecular weight is 164 g/mol. The van der Waals surface area contributed by atoms with E-state index in [0.29, 0.717) is 0 Å². The van der Waals surface area contributed by atoms with Crippen molar-refractivity contribution in [1.82, 2.24) is 9.97 Å². The first-order valence-corrected chi connectivity index (χ1v) is 3.98. The maximum atomic E-state index is 5.23. The van der Waals surface area contributed by atoms with Gasteiger partial charge in [-0.25, -0.2) is 9.97 Å². The lowest BCUT2D eigenvalue weighted by atomic mass is 10.4. The number of hydrogen-bond donors (Lipinski definition) is 0. The molecule has 0 atom stereocenters. The second-order valence-electron chi connectivity index (χ2n) is 2.61. The maximum Gasteiger partial charge on any atom is 0.199 e. The van der Waals surface area contributed by atoms with E-state index in [-0.39, 0.29) is 0 Å². The van der Waals surface area contributed by atoms with Gasteiger partial charge in [0.25, 0.3) is 0 Å². The van der Waals surface area contributed by atoms with E-state index in [4.69, 9.17) is 4.74 Å². The highest BCUT2D eigenvalue weighted by Crippen LogP contribution is 2.09. The van der Waals surface area contributed by atoms with Gasteiger partial charge in [0.2, 0.25) is 0 Å². The third-order valence-corrected chi connectivity index (χ3v) is 1.86. The first-order chi connectivity index (χ1) is 5.97. The van der Waals surface area contributed by atoms with Gasteiger partial charge in [-0.1, -0.05) is 0 Å². The van der Waals surface area contributed by atoms with Gasteiger partial charge >= 0.3 is 0 Å². The Bertz CT molecular complexity index is 233. The Morgan fingerprint density at radius 2 is 2.25 bits per heavy atom. The molecule has 2 heterocycles. The van der Waals surface area contributed by atoms with E-state index in [2.05, 4.69) is 21.2 Å². The maximum absolute atomic E-state index is 5.23. The molecule has 0 spiro atoms. The van der Waals surface area contributed by atoms with Crippen molar-refractivity contribution in [3.8, 4) is 0 Å². The molecule has 1 aliphatic rings. The Balaban J connectivity index is 2.08. The average Bonchev–Trinajstić information content (AvgIpc) is 2.21. The molecule has 0 aliphatic carbocycles. The van der Waals surface area contributed by atoms with Crippen LogP contribution >= 0.6 is 0 Å². The summed E-state index contributed by atoms with van der Waals surface area (Å²) in [6, 6.07) is 1.89. The van der Waals surface area contributed by atoms with Crippen molar-refractivity contribution in [2.24, 2.45) is 0 Å². The lowest BCUT2D eigenvalue weighted by Crippen LogP contribution is -2.36. The van der Waals surface area contributed by atoms with Crippen LogP contribution in [0.25, 0.3) is 0 Å². The molecule has 0 bridgehead atoms. The highest BCUT2D eigenvalue weighted by Gasteiger charge is 2.11. The zero-order chi connectivity index (χ0) is 8.23. The molecule has 0 aromatic carbocycles. The molecule has 1 radical (unpaired) electrons. The second kappa shape index (κ2) is 3.49. The molecule has 0 unspecified atom stereocenters. The minimum absolute atomic E-state index is 0.782. The molecule has 1 aliphatic heterocycles. The fourth-order valence-electron chi connectivity index (χ4n) is 1.22. The van der Waals surface area contributed by atoms with Gasteiger partial charge in [-0.3, -0.25) is 0 Å². The van der Waals surface area contributed by atoms with Crippen LogP contribution in [0.4, 0.5) is 5.82 Å². The number of anilines is 1. The largest absolute Gasteiger partial charge is 0.378 e. The third kappa shape index (κ3) is 1.53. The third-order valence-electron chi connectivity index (χ3n) is 1.86. The van der Waals surface area contributed by atoms with Crippen LogP contribution in [0.5, 0.6) is 0 Å². The molecular formula is C8H10N3O. The molecule has 0 amide bonds. The van der Waals surface area contributed by atoms with Crippen molar-refractivity contribution in [3.05, 3.63) is 18.6 Å². The van der Waals surface area contributed by atoms with Crippen LogP contribution in [-0.2, 0) is 4.74 Å². The molecule has 1 saturated heterocycles. The minimum Gasteiger partial charge on any atom is -0.378 e. The number of morpholine rings is 1. The number of hydrogen-bond acceptors (Lipinski definition) is 4. The van der Waals surface area contributed by atoms with E-state index in [9.17, 15) is 0 Å². The van der Waals surface area contributed by atoms with Crippen LogP contribution in [0.2, 0.25) is 0 Å². The fraction of sp³-hybridized carbons (Fsp3) is 0.500. The van der Waals surface area contributed by atoms with Crippen LogP contribution in [0.3, 0.4) is 0 Å². The summed E-state index contributed by atoms with van der Waals surface area (Å²) >= 11 is 0. The predicted octanol–water partition coefficient (Wildman–Crippen LogP) is 0.113. The monoisotopic (exact) mass is 164 g/mol. The summed E-state index contributed by atoms with van der Waals surface area (Å²) in [7, 11) is 0. The Morgan fingerprint density at radius 3 is 2.92 bits per heavy atom. The van der Waals surface area contributed by atoms with Crippen molar-refractivity contribution >= 4 is 5.82 Å². The van der Waals surface area contributed by atoms with Crippen molar-refractivity contribution in [2.75, 3.05) is 31.2 Å². The van der Waals surface area contributed by atoms with Gasteiger partial charge in [-0.2, -0.15) is 0 Å². The summed E-state index contributed by atoms with van der Waals surface area (Å²) < 4.78 is 5.23. The standard InChI is InChI=1S/C8H10N3O/c1-2-9-7-10-8(1)11-3-5-12-6-4-11/h1-2H,3-6H2. The van der Waals surface area contributed by atoms with Crippen molar-refractivity contribution in [2.45, 2.75) is 0 Å². The normalized spacial score (nSPS) is 17.8. The minimum atomic E-state index is 0.782. The Labute approximate surface area is 71.2 Å². The highest BCUT2D eigenvalue weighted by atomic mass is 16.5. The summed E-state index contributed by atoms with van der Waals surface area (Å²) in [5.74, 6) is 0.938. The van der Waals surface area contributed by atoms with Gasteiger partial charge in [0.15, 0.2) is 6.33 Å². The number of ether oxygens (including phenoxy) is 1. The summed E-state index contributed by atoms with van der Waals surface area (Å²) in [5, 5.41) is 0. The van der Waals surface area contributed by atoms with E-state index in [1.165, 1.54) is 0 Å². The van der Waals surface area contributed by atoms with Crippen LogP contribution in [0.1, 0.15) is 0 Å². The summed E-state index contributed by atoms with van der Waals surface area (Å²) in [5.41, 5.74) is 0. The van der Waals surface area contributed by atoms with Gasteiger partial charge in [0.1, 0.15) is 5.82 Å². The first-order valence-electron chi connectivity index (χ1n) is 3.98. The Kier molecular flexibility index (Phi) is 2.18. The first kappa shape index (κ1) is 7.49. The van der Waals surface area contributed by atoms with Crippen molar-refractivity contribution in [3.63, 3.8) is 0 Å². The zero-order valence-corrected chi connectivity index (χ0v) is 6.73. The number of rotatable bonds is 1. The summed E-state index contributed by atoms with van der Waals surface area (Å²) in [6.07, 6.45) is 4.28. The van der Waals surface area contributed by atoms with Crippen molar-refractivity contribution < 1.29 is 4.74 Å². The molecule has 63 valence electrons. The highest BCUT2D eigenvalue weighted by molar-refractivity contribution is 5.36. The topological polar surface area (TPSA) is 38.2 Å². The molecule has 4 heteroatoms. The Hall–Kier alpha value is -1.16. The quantitative estimate of drug-likeness (QED) is 0.590.